The minimum absolute atomic E-state index is 0. The van der Waals surface area contributed by atoms with Gasteiger partial charge >= 0.3 is 0 Å². The van der Waals surface area contributed by atoms with E-state index >= 15 is 0 Å². The lowest BCUT2D eigenvalue weighted by Crippen LogP contribution is -2.12. The first-order chi connectivity index (χ1) is 16.9. The minimum Gasteiger partial charge on any atom is -0.255 e. The fourth-order valence-corrected chi connectivity index (χ4v) is 4.51. The van der Waals surface area contributed by atoms with Gasteiger partial charge in [0.15, 0.2) is 0 Å². The summed E-state index contributed by atoms with van der Waals surface area (Å²) in [7, 11) is -5.37. The predicted molar refractivity (Wildman–Crippen MR) is 153 cm³/mol. The number of pyridine rings is 2. The summed E-state index contributed by atoms with van der Waals surface area (Å²) in [5.41, 5.74) is 0.318. The molecular weight excluding hydrogens is 659 g/mol. The number of aromatic nitrogens is 2. The second-order valence-corrected chi connectivity index (χ2v) is 12.8. The van der Waals surface area contributed by atoms with Gasteiger partial charge in [0, 0.05) is 40.2 Å². The van der Waals surface area contributed by atoms with Gasteiger partial charge in [0.05, 0.1) is 30.5 Å². The largest absolute Gasteiger partial charge is 0.286 e. The van der Waals surface area contributed by atoms with E-state index in [1.807, 2.05) is 4.93 Å². The molecule has 0 amide bonds. The molecule has 0 radical (unpaired) electrons. The standard InChI is InChI=1S/C11H13F2N3OS.C10H11F2N3OS.CH3I.CH4.H2/c1-8(18(3,17)16-7-14)9-4-5-10(15-6-9)11(2,12)13;1-10(11,12)9-4-3-8(5-14-9)6-17(2,16)15-7-13;1-2;;/h4-6,8H,1-3H3;3-5H,6H2,1-2H3;1H3;1H4;1H/i;;;;1+1. The molecule has 0 aromatic carbocycles. The van der Waals surface area contributed by atoms with Crippen LogP contribution in [-0.2, 0) is 37.1 Å². The van der Waals surface area contributed by atoms with Crippen molar-refractivity contribution in [1.29, 1.82) is 10.5 Å². The first-order valence-electron chi connectivity index (χ1n) is 10.1. The first-order valence-corrected chi connectivity index (χ1v) is 16.4. The monoisotopic (exact) mass is 693 g/mol. The van der Waals surface area contributed by atoms with Crippen molar-refractivity contribution in [1.82, 2.24) is 9.97 Å². The lowest BCUT2D eigenvalue weighted by molar-refractivity contribution is 0.0121. The number of rotatable bonds is 6. The van der Waals surface area contributed by atoms with Crippen LogP contribution >= 0.6 is 22.6 Å². The third-order valence-corrected chi connectivity index (χ3v) is 7.89. The van der Waals surface area contributed by atoms with Crippen LogP contribution in [0.15, 0.2) is 45.4 Å². The zero-order valence-corrected chi connectivity index (χ0v) is 24.7. The SMILES string of the molecule is C.CC(F)(F)c1ccc(CS(C)(=O)=NC#N)cn1.CC(c1ccc(C(C)(F)F)nc1)S(C)(=O)=NC#N.CI.[2HH]. The maximum atomic E-state index is 13.0. The molecular formula is C23H33F4IN6O2S2. The molecule has 2 rings (SSSR count). The van der Waals surface area contributed by atoms with Gasteiger partial charge in [0.1, 0.15) is 11.4 Å². The van der Waals surface area contributed by atoms with Gasteiger partial charge in [-0.1, -0.05) is 42.2 Å². The van der Waals surface area contributed by atoms with E-state index in [4.69, 9.17) is 10.5 Å². The van der Waals surface area contributed by atoms with Crippen LogP contribution < -0.4 is 0 Å². The lowest BCUT2D eigenvalue weighted by Gasteiger charge is -2.14. The van der Waals surface area contributed by atoms with Crippen LogP contribution in [0, 0.1) is 22.9 Å². The maximum absolute atomic E-state index is 13.0. The zero-order valence-electron chi connectivity index (χ0n) is 21.0. The summed E-state index contributed by atoms with van der Waals surface area (Å²) < 4.78 is 82.0. The highest BCUT2D eigenvalue weighted by Crippen LogP contribution is 2.28. The van der Waals surface area contributed by atoms with E-state index < -0.39 is 36.6 Å². The Morgan fingerprint density at radius 2 is 1.39 bits per heavy atom. The van der Waals surface area contributed by atoms with E-state index in [1.165, 1.54) is 61.6 Å². The van der Waals surface area contributed by atoms with Crippen molar-refractivity contribution in [2.75, 3.05) is 17.4 Å². The highest BCUT2D eigenvalue weighted by atomic mass is 127. The van der Waals surface area contributed by atoms with E-state index in [1.54, 1.807) is 6.92 Å². The van der Waals surface area contributed by atoms with Crippen molar-refractivity contribution in [2.24, 2.45) is 8.73 Å². The summed E-state index contributed by atoms with van der Waals surface area (Å²) in [5.74, 6) is -5.99. The highest BCUT2D eigenvalue weighted by molar-refractivity contribution is 14.1. The Labute approximate surface area is 237 Å². The highest BCUT2D eigenvalue weighted by Gasteiger charge is 2.27. The van der Waals surface area contributed by atoms with Crippen molar-refractivity contribution in [2.45, 2.75) is 51.0 Å². The fourth-order valence-electron chi connectivity index (χ4n) is 2.52. The number of hydrogen-bond acceptors (Lipinski definition) is 8. The van der Waals surface area contributed by atoms with Crippen LogP contribution in [0.5, 0.6) is 0 Å². The van der Waals surface area contributed by atoms with E-state index in [-0.39, 0.29) is 26.0 Å². The van der Waals surface area contributed by atoms with E-state index in [0.717, 1.165) is 13.8 Å². The number of nitrogens with zero attached hydrogens (tertiary/aromatic N) is 6. The van der Waals surface area contributed by atoms with Gasteiger partial charge in [-0.2, -0.15) is 28.1 Å². The summed E-state index contributed by atoms with van der Waals surface area (Å²) in [5, 5.41) is 16.2. The van der Waals surface area contributed by atoms with E-state index in [0.29, 0.717) is 11.1 Å². The molecule has 0 aliphatic carbocycles. The van der Waals surface area contributed by atoms with Crippen LogP contribution in [0.25, 0.3) is 0 Å². The summed E-state index contributed by atoms with van der Waals surface area (Å²) >= 11 is 2.15. The lowest BCUT2D eigenvalue weighted by atomic mass is 10.1. The topological polar surface area (TPSA) is 132 Å². The van der Waals surface area contributed by atoms with Crippen LogP contribution in [0.1, 0.15) is 57.4 Å². The Morgan fingerprint density at radius 1 is 0.947 bits per heavy atom. The Hall–Kier alpha value is -2.37. The molecule has 214 valence electrons. The van der Waals surface area contributed by atoms with Gasteiger partial charge < -0.3 is 0 Å². The molecule has 0 fully saturated rings. The molecule has 0 aliphatic heterocycles. The summed E-state index contributed by atoms with van der Waals surface area (Å²) in [6.45, 7) is 3.12. The van der Waals surface area contributed by atoms with Crippen LogP contribution in [0.3, 0.4) is 0 Å². The zero-order chi connectivity index (χ0) is 29.1. The molecule has 2 aromatic heterocycles. The quantitative estimate of drug-likeness (QED) is 0.138. The first kappa shape index (κ1) is 37.8. The van der Waals surface area contributed by atoms with Crippen molar-refractivity contribution < 1.29 is 27.4 Å². The molecule has 0 bridgehead atoms. The van der Waals surface area contributed by atoms with Crippen molar-refractivity contribution in [3.05, 3.63) is 59.2 Å². The summed E-state index contributed by atoms with van der Waals surface area (Å²) in [4.78, 5) is 9.21. The second kappa shape index (κ2) is 15.9. The molecule has 2 aromatic rings. The molecule has 0 saturated heterocycles. The molecule has 3 unspecified atom stereocenters. The normalized spacial score (nSPS) is 14.6. The van der Waals surface area contributed by atoms with E-state index in [9.17, 15) is 26.0 Å². The molecule has 38 heavy (non-hydrogen) atoms. The Balaban J connectivity index is -0.000000596. The molecule has 3 atom stereocenters. The van der Waals surface area contributed by atoms with Crippen LogP contribution in [0.2, 0.25) is 0 Å². The maximum Gasteiger partial charge on any atom is 0.286 e. The molecule has 0 spiro atoms. The number of hydrogen-bond donors (Lipinski definition) is 0. The summed E-state index contributed by atoms with van der Waals surface area (Å²) in [6.07, 6.45) is 8.13. The van der Waals surface area contributed by atoms with Crippen molar-refractivity contribution in [3.8, 4) is 12.4 Å². The average molecular weight is 694 g/mol. The van der Waals surface area contributed by atoms with Gasteiger partial charge in [0.2, 0.25) is 12.4 Å². The Bertz CT molecular complexity index is 1350. The molecule has 15 heteroatoms. The molecule has 0 saturated carbocycles. The molecule has 8 nitrogen and oxygen atoms in total. The molecule has 2 heterocycles. The average Bonchev–Trinajstić information content (AvgIpc) is 2.79. The number of alkyl halides is 5. The van der Waals surface area contributed by atoms with E-state index in [2.05, 4.69) is 41.3 Å². The third kappa shape index (κ3) is 12.9. The minimum atomic E-state index is -3.01. The third-order valence-electron chi connectivity index (χ3n) is 4.53. The van der Waals surface area contributed by atoms with Gasteiger partial charge in [0.25, 0.3) is 11.8 Å². The Kier molecular flexibility index (Phi) is 15.8. The van der Waals surface area contributed by atoms with Crippen LogP contribution in [-0.4, -0.2) is 35.8 Å². The smallest absolute Gasteiger partial charge is 0.255 e. The van der Waals surface area contributed by atoms with Gasteiger partial charge in [-0.15, -0.1) is 8.73 Å². The van der Waals surface area contributed by atoms with Gasteiger partial charge in [-0.3, -0.25) is 9.97 Å². The predicted octanol–water partition coefficient (Wildman–Crippen LogP) is 7.04. The van der Waals surface area contributed by atoms with Crippen molar-refractivity contribution >= 4 is 42.0 Å². The Morgan fingerprint density at radius 3 is 1.74 bits per heavy atom. The van der Waals surface area contributed by atoms with Gasteiger partial charge in [-0.25, -0.2) is 8.42 Å². The van der Waals surface area contributed by atoms with Gasteiger partial charge in [-0.05, 0) is 35.1 Å². The fraction of sp³-hybridized carbons (Fsp3) is 0.478. The summed E-state index contributed by atoms with van der Waals surface area (Å²) in [6, 6.07) is 5.21. The van der Waals surface area contributed by atoms with Crippen LogP contribution in [0.4, 0.5) is 17.6 Å². The molecule has 0 N–H and O–H groups in total. The second-order valence-electron chi connectivity index (χ2n) is 7.79. The number of nitriles is 2. The molecule has 0 aliphatic rings. The number of halogens is 5. The van der Waals surface area contributed by atoms with Crippen molar-refractivity contribution in [3.63, 3.8) is 0 Å².